The van der Waals surface area contributed by atoms with Crippen LogP contribution in [0.1, 0.15) is 38.0 Å². The van der Waals surface area contributed by atoms with Gasteiger partial charge in [0.1, 0.15) is 0 Å². The Balaban J connectivity index is 1.80. The first-order valence-electron chi connectivity index (χ1n) is 6.69. The van der Waals surface area contributed by atoms with Crippen LogP contribution in [0.4, 0.5) is 5.13 Å². The molecule has 0 spiro atoms. The lowest BCUT2D eigenvalue weighted by Crippen LogP contribution is -2.32. The molecule has 1 aliphatic heterocycles. The molecule has 1 aromatic heterocycles. The van der Waals surface area contributed by atoms with Crippen molar-refractivity contribution >= 4 is 16.5 Å². The fraction of sp³-hybridized carbons (Fsp3) is 0.769. The van der Waals surface area contributed by atoms with Gasteiger partial charge in [0, 0.05) is 24.2 Å². The summed E-state index contributed by atoms with van der Waals surface area (Å²) >= 11 is 1.80. The minimum absolute atomic E-state index is 0.912. The zero-order valence-electron chi connectivity index (χ0n) is 10.9. The van der Waals surface area contributed by atoms with Crippen molar-refractivity contribution in [3.8, 4) is 0 Å². The maximum Gasteiger partial charge on any atom is 0.182 e. The Hall–Kier alpha value is -0.610. The zero-order valence-corrected chi connectivity index (χ0v) is 11.7. The molecule has 2 heterocycles. The second kappa shape index (κ2) is 6.36. The fourth-order valence-corrected chi connectivity index (χ4v) is 3.02. The van der Waals surface area contributed by atoms with Gasteiger partial charge in [-0.3, -0.25) is 4.90 Å². The molecule has 96 valence electrons. The van der Waals surface area contributed by atoms with Crippen molar-refractivity contribution in [1.29, 1.82) is 0 Å². The van der Waals surface area contributed by atoms with E-state index >= 15 is 0 Å². The van der Waals surface area contributed by atoms with E-state index in [0.717, 1.165) is 30.6 Å². The average Bonchev–Trinajstić information content (AvgIpc) is 2.77. The Labute approximate surface area is 108 Å². The number of likely N-dealkylation sites (tertiary alicyclic amines) is 1. The number of hydrogen-bond acceptors (Lipinski definition) is 4. The molecule has 1 aromatic rings. The molecule has 0 atom stereocenters. The van der Waals surface area contributed by atoms with E-state index in [-0.39, 0.29) is 0 Å². The molecular formula is C13H23N3S. The molecular weight excluding hydrogens is 230 g/mol. The van der Waals surface area contributed by atoms with E-state index in [2.05, 4.69) is 29.0 Å². The van der Waals surface area contributed by atoms with Crippen LogP contribution in [0.2, 0.25) is 0 Å². The summed E-state index contributed by atoms with van der Waals surface area (Å²) in [6, 6.07) is 0. The van der Waals surface area contributed by atoms with Crippen molar-refractivity contribution in [2.45, 2.75) is 39.7 Å². The topological polar surface area (TPSA) is 28.2 Å². The molecule has 0 radical (unpaired) electrons. The van der Waals surface area contributed by atoms with Gasteiger partial charge in [0.05, 0.1) is 0 Å². The van der Waals surface area contributed by atoms with Gasteiger partial charge in [-0.2, -0.15) is 0 Å². The summed E-state index contributed by atoms with van der Waals surface area (Å²) < 4.78 is 0. The molecule has 1 N–H and O–H groups in total. The van der Waals surface area contributed by atoms with Crippen LogP contribution in [0.3, 0.4) is 0 Å². The maximum atomic E-state index is 4.41. The quantitative estimate of drug-likeness (QED) is 0.873. The van der Waals surface area contributed by atoms with Gasteiger partial charge in [0.25, 0.3) is 0 Å². The first-order valence-corrected chi connectivity index (χ1v) is 7.50. The third-order valence-electron chi connectivity index (χ3n) is 3.34. The smallest absolute Gasteiger partial charge is 0.182 e. The van der Waals surface area contributed by atoms with Crippen LogP contribution in [0.25, 0.3) is 0 Å². The highest BCUT2D eigenvalue weighted by Gasteiger charge is 2.16. The Morgan fingerprint density at radius 2 is 2.24 bits per heavy atom. The second-order valence-corrected chi connectivity index (χ2v) is 6.13. The van der Waals surface area contributed by atoms with Crippen molar-refractivity contribution in [3.05, 3.63) is 11.1 Å². The number of anilines is 1. The molecule has 0 aromatic carbocycles. The van der Waals surface area contributed by atoms with Gasteiger partial charge in [-0.05, 0) is 38.3 Å². The van der Waals surface area contributed by atoms with Gasteiger partial charge in [0.15, 0.2) is 5.13 Å². The molecule has 0 amide bonds. The van der Waals surface area contributed by atoms with Crippen molar-refractivity contribution in [2.75, 3.05) is 25.0 Å². The van der Waals surface area contributed by atoms with Crippen LogP contribution in [0.5, 0.6) is 0 Å². The molecule has 17 heavy (non-hydrogen) atoms. The van der Waals surface area contributed by atoms with E-state index in [1.165, 1.54) is 30.8 Å². The van der Waals surface area contributed by atoms with Crippen LogP contribution in [-0.4, -0.2) is 29.5 Å². The van der Waals surface area contributed by atoms with E-state index in [9.17, 15) is 0 Å². The maximum absolute atomic E-state index is 4.41. The number of nitrogens with zero attached hydrogens (tertiary/aromatic N) is 2. The highest BCUT2D eigenvalue weighted by molar-refractivity contribution is 7.15. The van der Waals surface area contributed by atoms with Crippen LogP contribution in [-0.2, 0) is 6.54 Å². The Morgan fingerprint density at radius 3 is 2.94 bits per heavy atom. The molecule has 3 nitrogen and oxygen atoms in total. The minimum atomic E-state index is 0.912. The van der Waals surface area contributed by atoms with Crippen molar-refractivity contribution in [2.24, 2.45) is 5.92 Å². The summed E-state index contributed by atoms with van der Waals surface area (Å²) in [7, 11) is 0. The van der Waals surface area contributed by atoms with E-state index in [0.29, 0.717) is 0 Å². The largest absolute Gasteiger partial charge is 0.362 e. The number of rotatable bonds is 5. The number of hydrogen-bond donors (Lipinski definition) is 1. The van der Waals surface area contributed by atoms with Crippen molar-refractivity contribution in [1.82, 2.24) is 9.88 Å². The third-order valence-corrected chi connectivity index (χ3v) is 4.28. The van der Waals surface area contributed by atoms with Crippen LogP contribution < -0.4 is 5.32 Å². The molecule has 2 rings (SSSR count). The first kappa shape index (κ1) is 12.8. The summed E-state index contributed by atoms with van der Waals surface area (Å²) in [4.78, 5) is 8.35. The SMILES string of the molecule is CCCNc1ncc(CN2CCC(C)CC2)s1. The average molecular weight is 253 g/mol. The van der Waals surface area contributed by atoms with E-state index in [4.69, 9.17) is 0 Å². The summed E-state index contributed by atoms with van der Waals surface area (Å²) in [5.74, 6) is 0.912. The summed E-state index contributed by atoms with van der Waals surface area (Å²) in [5.41, 5.74) is 0. The standard InChI is InChI=1S/C13H23N3S/c1-3-6-14-13-15-9-12(17-13)10-16-7-4-11(2)5-8-16/h9,11H,3-8,10H2,1-2H3,(H,14,15). The molecule has 1 aliphatic rings. The van der Waals surface area contributed by atoms with Gasteiger partial charge < -0.3 is 5.32 Å². The molecule has 1 saturated heterocycles. The van der Waals surface area contributed by atoms with E-state index < -0.39 is 0 Å². The lowest BCUT2D eigenvalue weighted by molar-refractivity contribution is 0.186. The van der Waals surface area contributed by atoms with Gasteiger partial charge in [-0.25, -0.2) is 4.98 Å². The minimum Gasteiger partial charge on any atom is -0.362 e. The first-order chi connectivity index (χ1) is 8.28. The predicted molar refractivity (Wildman–Crippen MR) is 74.6 cm³/mol. The summed E-state index contributed by atoms with van der Waals surface area (Å²) in [5, 5.41) is 4.42. The molecule has 0 aliphatic carbocycles. The number of aromatic nitrogens is 1. The van der Waals surface area contributed by atoms with E-state index in [1.807, 2.05) is 6.20 Å². The Kier molecular flexibility index (Phi) is 4.80. The molecule has 0 saturated carbocycles. The van der Waals surface area contributed by atoms with Crippen molar-refractivity contribution < 1.29 is 0 Å². The summed E-state index contributed by atoms with van der Waals surface area (Å²) in [6.07, 6.45) is 5.87. The van der Waals surface area contributed by atoms with Crippen LogP contribution >= 0.6 is 11.3 Å². The normalized spacial score (nSPS) is 18.5. The number of piperidine rings is 1. The third kappa shape index (κ3) is 3.96. The van der Waals surface area contributed by atoms with Crippen LogP contribution in [0, 0.1) is 5.92 Å². The fourth-order valence-electron chi connectivity index (χ4n) is 2.13. The number of nitrogens with one attached hydrogen (secondary N) is 1. The highest BCUT2D eigenvalue weighted by Crippen LogP contribution is 2.22. The molecule has 4 heteroatoms. The zero-order chi connectivity index (χ0) is 12.1. The molecule has 0 unspecified atom stereocenters. The van der Waals surface area contributed by atoms with E-state index in [1.54, 1.807) is 11.3 Å². The highest BCUT2D eigenvalue weighted by atomic mass is 32.1. The molecule has 1 fully saturated rings. The lowest BCUT2D eigenvalue weighted by atomic mass is 9.99. The second-order valence-electron chi connectivity index (χ2n) is 5.02. The van der Waals surface area contributed by atoms with Gasteiger partial charge in [0.2, 0.25) is 0 Å². The van der Waals surface area contributed by atoms with Crippen molar-refractivity contribution in [3.63, 3.8) is 0 Å². The Bertz CT molecular complexity index is 329. The van der Waals surface area contributed by atoms with Gasteiger partial charge in [-0.15, -0.1) is 11.3 Å². The predicted octanol–water partition coefficient (Wildman–Crippen LogP) is 3.20. The van der Waals surface area contributed by atoms with Gasteiger partial charge >= 0.3 is 0 Å². The van der Waals surface area contributed by atoms with Crippen LogP contribution in [0.15, 0.2) is 6.20 Å². The monoisotopic (exact) mass is 253 g/mol. The molecule has 0 bridgehead atoms. The number of thiazole rings is 1. The summed E-state index contributed by atoms with van der Waals surface area (Å²) in [6.45, 7) is 9.13. The van der Waals surface area contributed by atoms with Gasteiger partial charge in [-0.1, -0.05) is 13.8 Å². The lowest BCUT2D eigenvalue weighted by Gasteiger charge is -2.29. The Morgan fingerprint density at radius 1 is 1.47 bits per heavy atom.